The molecule has 1 aromatic carbocycles. The Morgan fingerprint density at radius 3 is 2.23 bits per heavy atom. The first kappa shape index (κ1) is 16.1. The van der Waals surface area contributed by atoms with Crippen molar-refractivity contribution in [2.24, 2.45) is 0 Å². The topological polar surface area (TPSA) is 60.0 Å². The van der Waals surface area contributed by atoms with E-state index in [0.717, 1.165) is 0 Å². The molecule has 1 N–H and O–H groups in total. The molecule has 0 unspecified atom stereocenters. The van der Waals surface area contributed by atoms with Gasteiger partial charge in [-0.2, -0.15) is 0 Å². The van der Waals surface area contributed by atoms with Crippen LogP contribution in [0.15, 0.2) is 17.8 Å². The fourth-order valence-electron chi connectivity index (χ4n) is 2.18. The SMILES string of the molecule is CCN1C(=O)/C(=C\c2cc(OC)c(OC)cc2OC)NC1=S. The van der Waals surface area contributed by atoms with E-state index in [1.165, 1.54) is 4.90 Å². The molecule has 0 saturated carbocycles. The van der Waals surface area contributed by atoms with E-state index >= 15 is 0 Å². The Kier molecular flexibility index (Phi) is 4.87. The van der Waals surface area contributed by atoms with Gasteiger partial charge in [-0.1, -0.05) is 0 Å². The number of hydrogen-bond acceptors (Lipinski definition) is 5. The first-order chi connectivity index (χ1) is 10.5. The van der Waals surface area contributed by atoms with Crippen LogP contribution in [-0.2, 0) is 4.79 Å². The molecule has 0 aromatic heterocycles. The smallest absolute Gasteiger partial charge is 0.276 e. The average molecular weight is 322 g/mol. The molecule has 2 rings (SSSR count). The molecular formula is C15H18N2O4S. The number of ether oxygens (including phenoxy) is 3. The molecule has 1 heterocycles. The van der Waals surface area contributed by atoms with Crippen molar-refractivity contribution in [3.05, 3.63) is 23.4 Å². The van der Waals surface area contributed by atoms with Gasteiger partial charge >= 0.3 is 0 Å². The number of nitrogens with one attached hydrogen (secondary N) is 1. The van der Waals surface area contributed by atoms with Crippen molar-refractivity contribution in [3.63, 3.8) is 0 Å². The van der Waals surface area contributed by atoms with Crippen LogP contribution in [-0.4, -0.2) is 43.8 Å². The van der Waals surface area contributed by atoms with Crippen molar-refractivity contribution in [2.75, 3.05) is 27.9 Å². The molecule has 1 amide bonds. The molecule has 1 saturated heterocycles. The van der Waals surface area contributed by atoms with Gasteiger partial charge < -0.3 is 19.5 Å². The van der Waals surface area contributed by atoms with Crippen LogP contribution in [0.3, 0.4) is 0 Å². The molecule has 1 aliphatic rings. The number of carbonyl (C=O) groups is 1. The number of benzene rings is 1. The van der Waals surface area contributed by atoms with Crippen LogP contribution < -0.4 is 19.5 Å². The zero-order valence-corrected chi connectivity index (χ0v) is 13.7. The zero-order valence-electron chi connectivity index (χ0n) is 12.9. The van der Waals surface area contributed by atoms with Gasteiger partial charge in [-0.25, -0.2) is 0 Å². The van der Waals surface area contributed by atoms with Crippen LogP contribution >= 0.6 is 12.2 Å². The number of methoxy groups -OCH3 is 3. The summed E-state index contributed by atoms with van der Waals surface area (Å²) in [6, 6.07) is 3.46. The van der Waals surface area contributed by atoms with Gasteiger partial charge in [0.2, 0.25) is 0 Å². The summed E-state index contributed by atoms with van der Waals surface area (Å²) in [6.45, 7) is 2.39. The third-order valence-corrected chi connectivity index (χ3v) is 3.64. The number of nitrogens with zero attached hydrogens (tertiary/aromatic N) is 1. The Morgan fingerprint density at radius 2 is 1.73 bits per heavy atom. The lowest BCUT2D eigenvalue weighted by Crippen LogP contribution is -2.30. The lowest BCUT2D eigenvalue weighted by Gasteiger charge is -2.12. The maximum Gasteiger partial charge on any atom is 0.276 e. The average Bonchev–Trinajstić information content (AvgIpc) is 2.80. The molecule has 0 spiro atoms. The first-order valence-electron chi connectivity index (χ1n) is 6.70. The fourth-order valence-corrected chi connectivity index (χ4v) is 2.50. The van der Waals surface area contributed by atoms with Crippen LogP contribution in [0, 0.1) is 0 Å². The predicted molar refractivity (Wildman–Crippen MR) is 87.2 cm³/mol. The zero-order chi connectivity index (χ0) is 16.3. The summed E-state index contributed by atoms with van der Waals surface area (Å²) < 4.78 is 15.9. The lowest BCUT2D eigenvalue weighted by molar-refractivity contribution is -0.122. The summed E-state index contributed by atoms with van der Waals surface area (Å²) in [5.41, 5.74) is 1.09. The van der Waals surface area contributed by atoms with Crippen molar-refractivity contribution >= 4 is 29.3 Å². The van der Waals surface area contributed by atoms with Gasteiger partial charge in [-0.15, -0.1) is 0 Å². The second-order valence-corrected chi connectivity index (χ2v) is 4.87. The molecule has 0 aliphatic carbocycles. The van der Waals surface area contributed by atoms with E-state index in [9.17, 15) is 4.79 Å². The Balaban J connectivity index is 2.47. The minimum atomic E-state index is -0.163. The summed E-state index contributed by atoms with van der Waals surface area (Å²) in [5.74, 6) is 1.51. The summed E-state index contributed by atoms with van der Waals surface area (Å²) in [6.07, 6.45) is 1.69. The fraction of sp³-hybridized carbons (Fsp3) is 0.333. The Bertz CT molecular complexity index is 643. The maximum atomic E-state index is 12.2. The third kappa shape index (κ3) is 2.85. The third-order valence-electron chi connectivity index (χ3n) is 3.31. The van der Waals surface area contributed by atoms with Crippen LogP contribution in [0.2, 0.25) is 0 Å². The number of likely N-dealkylation sites (N-methyl/N-ethyl adjacent to an activating group) is 1. The predicted octanol–water partition coefficient (Wildman–Crippen LogP) is 1.79. The van der Waals surface area contributed by atoms with Gasteiger partial charge in [-0.3, -0.25) is 9.69 Å². The van der Waals surface area contributed by atoms with Gasteiger partial charge in [0.1, 0.15) is 11.4 Å². The summed E-state index contributed by atoms with van der Waals surface area (Å²) in [7, 11) is 4.65. The van der Waals surface area contributed by atoms with Crippen molar-refractivity contribution in [1.29, 1.82) is 0 Å². The highest BCUT2D eigenvalue weighted by Crippen LogP contribution is 2.35. The molecule has 1 fully saturated rings. The second-order valence-electron chi connectivity index (χ2n) is 4.49. The summed E-state index contributed by atoms with van der Waals surface area (Å²) >= 11 is 5.14. The minimum Gasteiger partial charge on any atom is -0.496 e. The summed E-state index contributed by atoms with van der Waals surface area (Å²) in [5, 5.41) is 3.31. The van der Waals surface area contributed by atoms with Crippen LogP contribution in [0.5, 0.6) is 17.2 Å². The Labute approximate surface area is 134 Å². The number of hydrogen-bond donors (Lipinski definition) is 1. The molecule has 0 atom stereocenters. The quantitative estimate of drug-likeness (QED) is 0.659. The number of rotatable bonds is 5. The molecule has 0 radical (unpaired) electrons. The van der Waals surface area contributed by atoms with Crippen LogP contribution in [0.25, 0.3) is 6.08 Å². The highest BCUT2D eigenvalue weighted by Gasteiger charge is 2.29. The van der Waals surface area contributed by atoms with Crippen molar-refractivity contribution < 1.29 is 19.0 Å². The van der Waals surface area contributed by atoms with Gasteiger partial charge in [0, 0.05) is 18.2 Å². The molecule has 6 nitrogen and oxygen atoms in total. The Morgan fingerprint density at radius 1 is 1.14 bits per heavy atom. The van der Waals surface area contributed by atoms with Gasteiger partial charge in [-0.05, 0) is 31.3 Å². The molecule has 1 aromatic rings. The minimum absolute atomic E-state index is 0.163. The highest BCUT2D eigenvalue weighted by atomic mass is 32.1. The number of carbonyl (C=O) groups excluding carboxylic acids is 1. The van der Waals surface area contributed by atoms with Crippen molar-refractivity contribution in [3.8, 4) is 17.2 Å². The summed E-state index contributed by atoms with van der Waals surface area (Å²) in [4.78, 5) is 13.7. The van der Waals surface area contributed by atoms with Crippen LogP contribution in [0.1, 0.15) is 12.5 Å². The Hall–Kier alpha value is -2.28. The van der Waals surface area contributed by atoms with E-state index in [0.29, 0.717) is 40.2 Å². The highest BCUT2D eigenvalue weighted by molar-refractivity contribution is 7.80. The van der Waals surface area contributed by atoms with Crippen molar-refractivity contribution in [2.45, 2.75) is 6.92 Å². The van der Waals surface area contributed by atoms with Gasteiger partial charge in [0.25, 0.3) is 5.91 Å². The monoisotopic (exact) mass is 322 g/mol. The van der Waals surface area contributed by atoms with E-state index in [2.05, 4.69) is 5.32 Å². The normalized spacial score (nSPS) is 16.0. The lowest BCUT2D eigenvalue weighted by atomic mass is 10.1. The van der Waals surface area contributed by atoms with E-state index in [-0.39, 0.29) is 5.91 Å². The standard InChI is InChI=1S/C15H18N2O4S/c1-5-17-14(18)10(16-15(17)22)6-9-7-12(20-3)13(21-4)8-11(9)19-2/h6-8H,5H2,1-4H3,(H,16,22)/b10-6+. The maximum absolute atomic E-state index is 12.2. The van der Waals surface area contributed by atoms with Crippen molar-refractivity contribution in [1.82, 2.24) is 10.2 Å². The van der Waals surface area contributed by atoms with E-state index < -0.39 is 0 Å². The largest absolute Gasteiger partial charge is 0.496 e. The molecular weight excluding hydrogens is 304 g/mol. The number of thiocarbonyl (C=S) groups is 1. The molecule has 1 aliphatic heterocycles. The molecule has 0 bridgehead atoms. The van der Waals surface area contributed by atoms with Gasteiger partial charge in [0.15, 0.2) is 16.6 Å². The van der Waals surface area contributed by atoms with Gasteiger partial charge in [0.05, 0.1) is 21.3 Å². The first-order valence-corrected chi connectivity index (χ1v) is 7.11. The second kappa shape index (κ2) is 6.65. The molecule has 22 heavy (non-hydrogen) atoms. The molecule has 118 valence electrons. The van der Waals surface area contributed by atoms with E-state index in [4.69, 9.17) is 26.4 Å². The van der Waals surface area contributed by atoms with E-state index in [1.54, 1.807) is 39.5 Å². The number of amides is 1. The van der Waals surface area contributed by atoms with E-state index in [1.807, 2.05) is 6.92 Å². The van der Waals surface area contributed by atoms with Crippen LogP contribution in [0.4, 0.5) is 0 Å². The molecule has 7 heteroatoms.